The molecule has 1 aromatic heterocycles. The second-order valence-electron chi connectivity index (χ2n) is 10.7. The molecular weight excluding hydrogens is 438 g/mol. The van der Waals surface area contributed by atoms with Crippen molar-refractivity contribution in [3.63, 3.8) is 0 Å². The standard InChI is InChI=1S/C29H33N3O3/c1-29(2,3)18-26(33)31(21-13-14-21)19-27(34)32-24-9-6-5-8-23(24)30-17-7-10-25(30)28(32)20-11-15-22(35-4)16-12-20/h5-12,15-17,21,28H,13-14,18-19H2,1-4H3. The molecule has 3 aromatic rings. The normalized spacial score (nSPS) is 16.9. The number of aromatic nitrogens is 1. The maximum atomic E-state index is 14.1. The molecule has 35 heavy (non-hydrogen) atoms. The van der Waals surface area contributed by atoms with Gasteiger partial charge in [-0.15, -0.1) is 0 Å². The van der Waals surface area contributed by atoms with E-state index in [-0.39, 0.29) is 35.9 Å². The van der Waals surface area contributed by atoms with Gasteiger partial charge >= 0.3 is 0 Å². The van der Waals surface area contributed by atoms with Crippen molar-refractivity contribution in [3.05, 3.63) is 78.1 Å². The fourth-order valence-electron chi connectivity index (χ4n) is 4.95. The van der Waals surface area contributed by atoms with Gasteiger partial charge in [-0.2, -0.15) is 0 Å². The number of fused-ring (bicyclic) bond motifs is 3. The monoisotopic (exact) mass is 471 g/mol. The second kappa shape index (κ2) is 8.91. The van der Waals surface area contributed by atoms with Gasteiger partial charge in [0.15, 0.2) is 0 Å². The molecule has 0 N–H and O–H groups in total. The molecule has 2 aliphatic rings. The lowest BCUT2D eigenvalue weighted by Gasteiger charge is -2.39. The zero-order valence-corrected chi connectivity index (χ0v) is 20.9. The third kappa shape index (κ3) is 4.57. The lowest BCUT2D eigenvalue weighted by atomic mass is 9.91. The summed E-state index contributed by atoms with van der Waals surface area (Å²) in [4.78, 5) is 31.0. The van der Waals surface area contributed by atoms with Crippen molar-refractivity contribution in [2.75, 3.05) is 18.6 Å². The molecule has 0 spiro atoms. The molecule has 1 saturated carbocycles. The van der Waals surface area contributed by atoms with Gasteiger partial charge in [-0.25, -0.2) is 0 Å². The van der Waals surface area contributed by atoms with E-state index in [2.05, 4.69) is 31.4 Å². The van der Waals surface area contributed by atoms with Gasteiger partial charge in [0.2, 0.25) is 11.8 Å². The Morgan fingerprint density at radius 1 is 0.971 bits per heavy atom. The minimum Gasteiger partial charge on any atom is -0.497 e. The van der Waals surface area contributed by atoms with Crippen LogP contribution in [0.4, 0.5) is 5.69 Å². The summed E-state index contributed by atoms with van der Waals surface area (Å²) in [6.45, 7) is 6.27. The number of anilines is 1. The van der Waals surface area contributed by atoms with Crippen LogP contribution in [0.5, 0.6) is 5.75 Å². The van der Waals surface area contributed by atoms with Crippen LogP contribution in [0.2, 0.25) is 0 Å². The average molecular weight is 472 g/mol. The van der Waals surface area contributed by atoms with Crippen LogP contribution in [0.3, 0.4) is 0 Å². The summed E-state index contributed by atoms with van der Waals surface area (Å²) in [6, 6.07) is 19.8. The molecule has 182 valence electrons. The maximum Gasteiger partial charge on any atom is 0.247 e. The molecule has 1 aliphatic heterocycles. The molecule has 0 saturated heterocycles. The average Bonchev–Trinajstić information content (AvgIpc) is 3.55. The smallest absolute Gasteiger partial charge is 0.247 e. The highest BCUT2D eigenvalue weighted by molar-refractivity contribution is 6.00. The number of rotatable bonds is 6. The van der Waals surface area contributed by atoms with E-state index in [1.165, 1.54) is 0 Å². The number of methoxy groups -OCH3 is 1. The Bertz CT molecular complexity index is 1230. The van der Waals surface area contributed by atoms with Gasteiger partial charge in [-0.3, -0.25) is 14.5 Å². The zero-order chi connectivity index (χ0) is 24.7. The molecule has 5 rings (SSSR count). The van der Waals surface area contributed by atoms with E-state index in [4.69, 9.17) is 4.74 Å². The van der Waals surface area contributed by atoms with E-state index in [1.54, 1.807) is 7.11 Å². The van der Waals surface area contributed by atoms with E-state index in [9.17, 15) is 9.59 Å². The molecule has 0 bridgehead atoms. The van der Waals surface area contributed by atoms with E-state index >= 15 is 0 Å². The fraction of sp³-hybridized carbons (Fsp3) is 0.379. The van der Waals surface area contributed by atoms with Crippen LogP contribution in [-0.2, 0) is 9.59 Å². The molecule has 6 heteroatoms. The van der Waals surface area contributed by atoms with E-state index < -0.39 is 0 Å². The van der Waals surface area contributed by atoms with Gasteiger partial charge < -0.3 is 14.2 Å². The Hall–Kier alpha value is -3.54. The second-order valence-corrected chi connectivity index (χ2v) is 10.7. The number of carbonyl (C=O) groups is 2. The van der Waals surface area contributed by atoms with Crippen molar-refractivity contribution in [2.24, 2.45) is 5.41 Å². The predicted molar refractivity (Wildman–Crippen MR) is 137 cm³/mol. The van der Waals surface area contributed by atoms with Crippen LogP contribution in [-0.4, -0.2) is 41.0 Å². The van der Waals surface area contributed by atoms with Crippen LogP contribution < -0.4 is 9.64 Å². The minimum atomic E-state index is -0.308. The van der Waals surface area contributed by atoms with Crippen LogP contribution in [0.1, 0.15) is 57.3 Å². The number of hydrogen-bond donors (Lipinski definition) is 0. The van der Waals surface area contributed by atoms with Crippen molar-refractivity contribution in [2.45, 2.75) is 52.1 Å². The number of ether oxygens (including phenoxy) is 1. The number of benzene rings is 2. The van der Waals surface area contributed by atoms with Crippen molar-refractivity contribution >= 4 is 17.5 Å². The quantitative estimate of drug-likeness (QED) is 0.487. The van der Waals surface area contributed by atoms with Crippen molar-refractivity contribution in [3.8, 4) is 11.4 Å². The molecule has 1 atom stereocenters. The van der Waals surface area contributed by atoms with Gasteiger partial charge in [0.05, 0.1) is 24.2 Å². The Labute approximate surface area is 207 Å². The molecule has 2 heterocycles. The third-order valence-electron chi connectivity index (χ3n) is 6.71. The summed E-state index contributed by atoms with van der Waals surface area (Å²) < 4.78 is 7.51. The van der Waals surface area contributed by atoms with Gasteiger partial charge in [-0.05, 0) is 60.2 Å². The first-order valence-corrected chi connectivity index (χ1v) is 12.3. The first-order valence-electron chi connectivity index (χ1n) is 12.3. The number of nitrogens with zero attached hydrogens (tertiary/aromatic N) is 3. The first-order chi connectivity index (χ1) is 16.8. The van der Waals surface area contributed by atoms with Crippen LogP contribution in [0.25, 0.3) is 5.69 Å². The van der Waals surface area contributed by atoms with E-state index in [0.717, 1.165) is 41.2 Å². The molecule has 1 aliphatic carbocycles. The highest BCUT2D eigenvalue weighted by Gasteiger charge is 2.40. The number of carbonyl (C=O) groups excluding carboxylic acids is 2. The van der Waals surface area contributed by atoms with Crippen LogP contribution >= 0.6 is 0 Å². The van der Waals surface area contributed by atoms with Gasteiger partial charge in [0.1, 0.15) is 18.3 Å². The largest absolute Gasteiger partial charge is 0.497 e. The van der Waals surface area contributed by atoms with Crippen molar-refractivity contribution in [1.82, 2.24) is 9.47 Å². The van der Waals surface area contributed by atoms with Gasteiger partial charge in [0.25, 0.3) is 0 Å². The molecule has 0 radical (unpaired) electrons. The van der Waals surface area contributed by atoms with Crippen LogP contribution in [0.15, 0.2) is 66.9 Å². The lowest BCUT2D eigenvalue weighted by Crippen LogP contribution is -2.47. The van der Waals surface area contributed by atoms with Gasteiger partial charge in [0, 0.05) is 18.7 Å². The topological polar surface area (TPSA) is 54.8 Å². The molecule has 2 aromatic carbocycles. The molecule has 1 fully saturated rings. The Morgan fingerprint density at radius 2 is 1.66 bits per heavy atom. The summed E-state index contributed by atoms with van der Waals surface area (Å²) in [5, 5.41) is 0. The first kappa shape index (κ1) is 23.2. The van der Waals surface area contributed by atoms with Crippen molar-refractivity contribution in [1.29, 1.82) is 0 Å². The summed E-state index contributed by atoms with van der Waals surface area (Å²) in [5.74, 6) is 0.758. The summed E-state index contributed by atoms with van der Waals surface area (Å²) >= 11 is 0. The summed E-state index contributed by atoms with van der Waals surface area (Å²) in [5.41, 5.74) is 3.69. The van der Waals surface area contributed by atoms with Crippen LogP contribution in [0, 0.1) is 5.41 Å². The molecule has 1 unspecified atom stereocenters. The fourth-order valence-corrected chi connectivity index (χ4v) is 4.95. The highest BCUT2D eigenvalue weighted by atomic mass is 16.5. The Kier molecular flexibility index (Phi) is 5.91. The Morgan fingerprint density at radius 3 is 2.29 bits per heavy atom. The summed E-state index contributed by atoms with van der Waals surface area (Å²) in [6.07, 6.45) is 4.39. The maximum absolute atomic E-state index is 14.1. The molecular formula is C29H33N3O3. The molecule has 6 nitrogen and oxygen atoms in total. The summed E-state index contributed by atoms with van der Waals surface area (Å²) in [7, 11) is 1.65. The minimum absolute atomic E-state index is 0.0583. The van der Waals surface area contributed by atoms with E-state index in [0.29, 0.717) is 6.42 Å². The SMILES string of the molecule is COc1ccc(C2c3cccn3-c3ccccc3N2C(=O)CN(C(=O)CC(C)(C)C)C2CC2)cc1. The number of amides is 2. The highest BCUT2D eigenvalue weighted by Crippen LogP contribution is 2.43. The lowest BCUT2D eigenvalue weighted by molar-refractivity contribution is -0.137. The van der Waals surface area contributed by atoms with Gasteiger partial charge in [-0.1, -0.05) is 45.0 Å². The third-order valence-corrected chi connectivity index (χ3v) is 6.71. The zero-order valence-electron chi connectivity index (χ0n) is 20.9. The van der Waals surface area contributed by atoms with Crippen molar-refractivity contribution < 1.29 is 14.3 Å². The van der Waals surface area contributed by atoms with E-state index in [1.807, 2.05) is 70.6 Å². The number of hydrogen-bond acceptors (Lipinski definition) is 3. The predicted octanol–water partition coefficient (Wildman–Crippen LogP) is 5.35. The number of para-hydroxylation sites is 2. The molecule has 2 amide bonds. The Balaban J connectivity index is 1.55.